The fourth-order valence-corrected chi connectivity index (χ4v) is 4.05. The summed E-state index contributed by atoms with van der Waals surface area (Å²) in [5.74, 6) is 1.29. The number of nitrogens with one attached hydrogen (secondary N) is 1. The van der Waals surface area contributed by atoms with E-state index in [9.17, 15) is 5.11 Å². The summed E-state index contributed by atoms with van der Waals surface area (Å²) < 4.78 is 5.45. The van der Waals surface area contributed by atoms with Crippen LogP contribution < -0.4 is 10.7 Å². The van der Waals surface area contributed by atoms with Gasteiger partial charge in [0.1, 0.15) is 5.82 Å². The summed E-state index contributed by atoms with van der Waals surface area (Å²) in [4.78, 5) is 10.8. The van der Waals surface area contributed by atoms with Gasteiger partial charge >= 0.3 is 0 Å². The molecule has 4 rings (SSSR count). The van der Waals surface area contributed by atoms with Gasteiger partial charge in [-0.15, -0.1) is 0 Å². The number of H-pyrrole nitrogens is 1. The maximum absolute atomic E-state index is 9.42. The number of morpholine rings is 1. The zero-order valence-corrected chi connectivity index (χ0v) is 20.3. The quantitative estimate of drug-likeness (QED) is 0.543. The van der Waals surface area contributed by atoms with Gasteiger partial charge in [0, 0.05) is 30.8 Å². The van der Waals surface area contributed by atoms with Gasteiger partial charge in [-0.05, 0) is 22.6 Å². The average Bonchev–Trinajstić information content (AvgIpc) is 3.26. The lowest BCUT2D eigenvalue weighted by molar-refractivity contribution is 0.0342. The van der Waals surface area contributed by atoms with Gasteiger partial charge in [-0.1, -0.05) is 87.5 Å². The SMILES string of the molecule is C=c1[nH]c(-c2ccc(CN3CCOCC3)cc2)n/c1=C(/C=C\C(C)CC)c1ccc(CO)cc1. The number of hydrogen-bond donors (Lipinski definition) is 2. The van der Waals surface area contributed by atoms with Crippen LogP contribution in [0.25, 0.3) is 23.5 Å². The van der Waals surface area contributed by atoms with Gasteiger partial charge in [0.2, 0.25) is 0 Å². The van der Waals surface area contributed by atoms with E-state index in [-0.39, 0.29) is 6.61 Å². The van der Waals surface area contributed by atoms with Crippen LogP contribution in [0, 0.1) is 5.92 Å². The number of aromatic nitrogens is 2. The van der Waals surface area contributed by atoms with E-state index in [4.69, 9.17) is 9.72 Å². The van der Waals surface area contributed by atoms with Gasteiger partial charge in [-0.2, -0.15) is 0 Å². The Balaban J connectivity index is 1.67. The second-order valence-corrected chi connectivity index (χ2v) is 9.01. The van der Waals surface area contributed by atoms with Crippen LogP contribution in [0.4, 0.5) is 0 Å². The highest BCUT2D eigenvalue weighted by molar-refractivity contribution is 5.73. The van der Waals surface area contributed by atoms with Crippen molar-refractivity contribution in [2.45, 2.75) is 33.4 Å². The van der Waals surface area contributed by atoms with Crippen molar-refractivity contribution in [2.24, 2.45) is 5.92 Å². The van der Waals surface area contributed by atoms with Gasteiger partial charge in [0.25, 0.3) is 0 Å². The molecule has 1 aliphatic rings. The second kappa shape index (κ2) is 11.4. The summed E-state index contributed by atoms with van der Waals surface area (Å²) in [5, 5.41) is 11.1. The lowest BCUT2D eigenvalue weighted by Gasteiger charge is -2.26. The lowest BCUT2D eigenvalue weighted by atomic mass is 10.0. The zero-order valence-electron chi connectivity index (χ0n) is 20.3. The molecule has 0 radical (unpaired) electrons. The normalized spacial score (nSPS) is 16.7. The van der Waals surface area contributed by atoms with Crippen LogP contribution >= 0.6 is 0 Å². The van der Waals surface area contributed by atoms with Crippen molar-refractivity contribution in [3.63, 3.8) is 0 Å². The molecule has 0 amide bonds. The summed E-state index contributed by atoms with van der Waals surface area (Å²) in [6.07, 6.45) is 5.46. The van der Waals surface area contributed by atoms with Crippen LogP contribution in [0.15, 0.2) is 60.7 Å². The summed E-state index contributed by atoms with van der Waals surface area (Å²) >= 11 is 0. The van der Waals surface area contributed by atoms with Crippen molar-refractivity contribution in [1.29, 1.82) is 0 Å². The minimum atomic E-state index is 0.0347. The Labute approximate surface area is 202 Å². The molecule has 1 unspecified atom stereocenters. The third-order valence-corrected chi connectivity index (χ3v) is 6.45. The van der Waals surface area contributed by atoms with Crippen molar-refractivity contribution in [3.05, 3.63) is 88.1 Å². The molecule has 0 aliphatic carbocycles. The summed E-state index contributed by atoms with van der Waals surface area (Å²) in [6.45, 7) is 13.2. The molecule has 2 heterocycles. The van der Waals surface area contributed by atoms with E-state index in [1.807, 2.05) is 24.3 Å². The Bertz CT molecular complexity index is 1200. The van der Waals surface area contributed by atoms with Gasteiger partial charge in [0.15, 0.2) is 0 Å². The highest BCUT2D eigenvalue weighted by Crippen LogP contribution is 2.18. The molecule has 1 saturated heterocycles. The first-order valence-corrected chi connectivity index (χ1v) is 12.1. The molecule has 2 aromatic carbocycles. The number of aromatic amines is 1. The molecule has 5 nitrogen and oxygen atoms in total. The molecule has 1 aromatic heterocycles. The second-order valence-electron chi connectivity index (χ2n) is 9.01. The monoisotopic (exact) mass is 457 g/mol. The molecule has 0 bridgehead atoms. The van der Waals surface area contributed by atoms with Gasteiger partial charge < -0.3 is 14.8 Å². The van der Waals surface area contributed by atoms with Crippen molar-refractivity contribution < 1.29 is 9.84 Å². The van der Waals surface area contributed by atoms with Crippen molar-refractivity contribution in [1.82, 2.24) is 14.9 Å². The number of allylic oxidation sites excluding steroid dienone is 2. The van der Waals surface area contributed by atoms with Crippen LogP contribution in [0.5, 0.6) is 0 Å². The summed E-state index contributed by atoms with van der Waals surface area (Å²) in [6, 6.07) is 16.6. The van der Waals surface area contributed by atoms with Crippen LogP contribution in [0.3, 0.4) is 0 Å². The fraction of sp³-hybridized carbons (Fsp3) is 0.345. The zero-order chi connectivity index (χ0) is 23.9. The molecule has 1 aliphatic heterocycles. The van der Waals surface area contributed by atoms with Crippen LogP contribution in [0.2, 0.25) is 0 Å². The standard InChI is InChI=1S/C29H35N3O2/c1-4-21(2)5-14-27(25-10-8-24(20-33)9-11-25)28-22(3)30-29(31-28)26-12-6-23(7-13-26)19-32-15-17-34-18-16-32/h5-14,21,33H,3-4,15-20H2,1-2H3,(H,30,31)/b14-5-,28-27-. The van der Waals surface area contributed by atoms with E-state index in [1.54, 1.807) is 0 Å². The maximum Gasteiger partial charge on any atom is 0.138 e. The molecule has 2 N–H and O–H groups in total. The van der Waals surface area contributed by atoms with Crippen molar-refractivity contribution in [2.75, 3.05) is 26.3 Å². The molecule has 34 heavy (non-hydrogen) atoms. The number of benzene rings is 2. The van der Waals surface area contributed by atoms with Gasteiger partial charge in [-0.25, -0.2) is 4.98 Å². The molecular formula is C29H35N3O2. The molecule has 1 atom stereocenters. The number of rotatable bonds is 8. The van der Waals surface area contributed by atoms with E-state index in [0.717, 1.165) is 78.1 Å². The summed E-state index contributed by atoms with van der Waals surface area (Å²) in [5.41, 5.74) is 5.31. The Morgan fingerprint density at radius 1 is 1.12 bits per heavy atom. The third kappa shape index (κ3) is 5.92. The van der Waals surface area contributed by atoms with Crippen LogP contribution in [0.1, 0.15) is 37.0 Å². The average molecular weight is 458 g/mol. The minimum Gasteiger partial charge on any atom is -0.392 e. The van der Waals surface area contributed by atoms with E-state index in [1.165, 1.54) is 5.56 Å². The predicted molar refractivity (Wildman–Crippen MR) is 138 cm³/mol. The number of nitrogens with zero attached hydrogens (tertiary/aromatic N) is 2. The van der Waals surface area contributed by atoms with Gasteiger partial charge in [-0.3, -0.25) is 4.90 Å². The molecule has 3 aromatic rings. The Hall–Kier alpha value is -2.99. The number of ether oxygens (including phenoxy) is 1. The first-order chi connectivity index (χ1) is 16.6. The molecule has 178 valence electrons. The fourth-order valence-electron chi connectivity index (χ4n) is 4.05. The largest absolute Gasteiger partial charge is 0.392 e. The number of aliphatic hydroxyl groups is 1. The molecule has 1 fully saturated rings. The molecular weight excluding hydrogens is 422 g/mol. The topological polar surface area (TPSA) is 61.4 Å². The lowest BCUT2D eigenvalue weighted by Crippen LogP contribution is -2.35. The molecule has 0 spiro atoms. The van der Waals surface area contributed by atoms with Crippen molar-refractivity contribution >= 4 is 12.2 Å². The predicted octanol–water partition coefficient (Wildman–Crippen LogP) is 3.61. The molecule has 0 saturated carbocycles. The first kappa shape index (κ1) is 24.1. The van der Waals surface area contributed by atoms with E-state index in [0.29, 0.717) is 5.92 Å². The number of hydrogen-bond acceptors (Lipinski definition) is 4. The summed E-state index contributed by atoms with van der Waals surface area (Å²) in [7, 11) is 0. The van der Waals surface area contributed by atoms with E-state index in [2.05, 4.69) is 66.7 Å². The van der Waals surface area contributed by atoms with E-state index >= 15 is 0 Å². The highest BCUT2D eigenvalue weighted by Gasteiger charge is 2.12. The molecule has 5 heteroatoms. The number of aliphatic hydroxyl groups excluding tert-OH is 1. The first-order valence-electron chi connectivity index (χ1n) is 12.1. The maximum atomic E-state index is 9.42. The van der Waals surface area contributed by atoms with Gasteiger partial charge in [0.05, 0.1) is 30.5 Å². The number of imidazole rings is 1. The smallest absolute Gasteiger partial charge is 0.138 e. The van der Waals surface area contributed by atoms with Crippen LogP contribution in [-0.2, 0) is 17.9 Å². The van der Waals surface area contributed by atoms with Crippen molar-refractivity contribution in [3.8, 4) is 11.4 Å². The Morgan fingerprint density at radius 3 is 2.44 bits per heavy atom. The highest BCUT2D eigenvalue weighted by atomic mass is 16.5. The third-order valence-electron chi connectivity index (χ3n) is 6.45. The minimum absolute atomic E-state index is 0.0347. The van der Waals surface area contributed by atoms with E-state index < -0.39 is 0 Å². The Kier molecular flexibility index (Phi) is 8.12. The van der Waals surface area contributed by atoms with Crippen LogP contribution in [-0.4, -0.2) is 46.3 Å². The Morgan fingerprint density at radius 2 is 1.79 bits per heavy atom.